The quantitative estimate of drug-likeness (QED) is 0.0705. The van der Waals surface area contributed by atoms with E-state index in [1.165, 1.54) is 5.57 Å². The molecule has 1 aromatic heterocycles. The van der Waals surface area contributed by atoms with Gasteiger partial charge in [0.05, 0.1) is 11.4 Å². The third kappa shape index (κ3) is 8.41. The standard InChI is InChI=1S/C56H47B6NO/c1-3-46(58)51(38-24-12-7-13-25-38)54(61)47(59)35-63(48(4-2)55(62)53(60)45(34-57)44-31-18-30-43-41-27-16-17-33-50(41)64-56(43)44)49-32-19-29-40(37-22-10-6-11-23-37)52(49)42-28-15-14-26-39(42)36-20-8-5-9-21-36/h1-2,5-33H,34-35,57-62H2/b51-46+,53-45-,54-47-,55-48-. The Morgan fingerprint density at radius 2 is 1.09 bits per heavy atom. The number of nitrogens with zero attached hydrogens (tertiary/aromatic N) is 1. The van der Waals surface area contributed by atoms with Crippen LogP contribution in [-0.4, -0.2) is 53.6 Å². The minimum atomic E-state index is 0.504. The van der Waals surface area contributed by atoms with Gasteiger partial charge in [0.25, 0.3) is 0 Å². The fourth-order valence-electron chi connectivity index (χ4n) is 9.16. The number of allylic oxidation sites excluding steroid dienone is 7. The van der Waals surface area contributed by atoms with Crippen molar-refractivity contribution in [1.29, 1.82) is 0 Å². The molecule has 0 fully saturated rings. The molecule has 300 valence electrons. The Balaban J connectivity index is 1.43. The molecule has 64 heavy (non-hydrogen) atoms. The average Bonchev–Trinajstić information content (AvgIpc) is 3.74. The van der Waals surface area contributed by atoms with E-state index in [-0.39, 0.29) is 0 Å². The zero-order chi connectivity index (χ0) is 44.7. The second-order valence-electron chi connectivity index (χ2n) is 16.3. The number of hydrogen-bond acceptors (Lipinski definition) is 2. The van der Waals surface area contributed by atoms with E-state index in [2.05, 4.69) is 214 Å². The molecule has 0 aliphatic carbocycles. The second kappa shape index (κ2) is 19.3. The lowest BCUT2D eigenvalue weighted by Crippen LogP contribution is -2.28. The van der Waals surface area contributed by atoms with Crippen LogP contribution < -0.4 is 4.90 Å². The Morgan fingerprint density at radius 3 is 1.75 bits per heavy atom. The van der Waals surface area contributed by atoms with E-state index in [4.69, 9.17) is 17.3 Å². The minimum Gasteiger partial charge on any atom is -0.455 e. The number of para-hydroxylation sites is 2. The highest BCUT2D eigenvalue weighted by atomic mass is 16.3. The summed E-state index contributed by atoms with van der Waals surface area (Å²) in [6, 6.07) is 61.8. The fraction of sp³-hybridized carbons (Fsp3) is 0.0357. The van der Waals surface area contributed by atoms with E-state index in [0.717, 1.165) is 117 Å². The van der Waals surface area contributed by atoms with Gasteiger partial charge in [-0.05, 0) is 56.6 Å². The third-order valence-electron chi connectivity index (χ3n) is 12.6. The molecule has 0 bridgehead atoms. The summed E-state index contributed by atoms with van der Waals surface area (Å²) in [5, 5.41) is 2.21. The van der Waals surface area contributed by atoms with Crippen LogP contribution >= 0.6 is 0 Å². The molecule has 0 aliphatic rings. The normalized spacial score (nSPS) is 12.9. The van der Waals surface area contributed by atoms with Crippen LogP contribution in [0.2, 0.25) is 6.32 Å². The van der Waals surface area contributed by atoms with Gasteiger partial charge in [-0.3, -0.25) is 0 Å². The Labute approximate surface area is 384 Å². The molecule has 0 N–H and O–H groups in total. The Bertz CT molecular complexity index is 3240. The molecule has 1 heterocycles. The number of terminal acetylenes is 2. The SMILES string of the molecule is BC/C(=C(B)\C(B)=C(/C#C)N(C/C(B)=C(B)\C(=C(\B)C#C)c1ccccc1)c1cccc(-c2ccccc2)c1-c1ccccc1-c1ccccc1)c1cccc2c1oc1ccccc12. The molecule has 0 atom stereocenters. The van der Waals surface area contributed by atoms with Crippen LogP contribution in [0.15, 0.2) is 213 Å². The molecule has 0 unspecified atom stereocenters. The summed E-state index contributed by atoms with van der Waals surface area (Å²) >= 11 is 0. The summed E-state index contributed by atoms with van der Waals surface area (Å²) in [7, 11) is 13.0. The highest BCUT2D eigenvalue weighted by Gasteiger charge is 2.25. The molecule has 0 amide bonds. The maximum atomic E-state index is 6.86. The van der Waals surface area contributed by atoms with Crippen molar-refractivity contribution in [2.75, 3.05) is 11.4 Å². The monoisotopic (exact) mass is 815 g/mol. The second-order valence-corrected chi connectivity index (χ2v) is 16.3. The summed E-state index contributed by atoms with van der Waals surface area (Å²) < 4.78 is 6.61. The maximum Gasteiger partial charge on any atom is 0.151 e. The van der Waals surface area contributed by atoms with Gasteiger partial charge in [0.15, 0.2) is 7.85 Å². The van der Waals surface area contributed by atoms with Gasteiger partial charge in [-0.25, -0.2) is 0 Å². The molecule has 0 saturated carbocycles. The number of anilines is 1. The lowest BCUT2D eigenvalue weighted by molar-refractivity contribution is 0.667. The highest BCUT2D eigenvalue weighted by molar-refractivity contribution is 6.42. The molecular formula is C56H47B6NO. The van der Waals surface area contributed by atoms with Gasteiger partial charge < -0.3 is 9.32 Å². The lowest BCUT2D eigenvalue weighted by atomic mass is 9.69. The summed E-state index contributed by atoms with van der Waals surface area (Å²) in [4.78, 5) is 2.37. The van der Waals surface area contributed by atoms with Crippen molar-refractivity contribution in [3.05, 3.63) is 220 Å². The first-order valence-corrected chi connectivity index (χ1v) is 22.0. The van der Waals surface area contributed by atoms with E-state index in [1.54, 1.807) is 0 Å². The van der Waals surface area contributed by atoms with E-state index in [9.17, 15) is 0 Å². The van der Waals surface area contributed by atoms with E-state index in [1.807, 2.05) is 26.0 Å². The summed E-state index contributed by atoms with van der Waals surface area (Å²) in [6.07, 6.45) is 13.8. The molecule has 0 spiro atoms. The zero-order valence-corrected chi connectivity index (χ0v) is 37.7. The fourth-order valence-corrected chi connectivity index (χ4v) is 9.16. The van der Waals surface area contributed by atoms with Crippen molar-refractivity contribution in [3.8, 4) is 58.1 Å². The highest BCUT2D eigenvalue weighted by Crippen LogP contribution is 2.46. The van der Waals surface area contributed by atoms with Crippen molar-refractivity contribution in [2.24, 2.45) is 0 Å². The van der Waals surface area contributed by atoms with E-state index in [0.29, 0.717) is 6.54 Å². The van der Waals surface area contributed by atoms with Crippen molar-refractivity contribution >= 4 is 85.8 Å². The Kier molecular flexibility index (Phi) is 13.1. The van der Waals surface area contributed by atoms with Crippen molar-refractivity contribution in [1.82, 2.24) is 0 Å². The summed E-state index contributed by atoms with van der Waals surface area (Å²) in [5.74, 6) is 6.24. The van der Waals surface area contributed by atoms with Gasteiger partial charge in [-0.2, -0.15) is 0 Å². The van der Waals surface area contributed by atoms with Crippen LogP contribution in [0.1, 0.15) is 11.1 Å². The third-order valence-corrected chi connectivity index (χ3v) is 12.6. The molecule has 8 rings (SSSR count). The smallest absolute Gasteiger partial charge is 0.151 e. The number of benzene rings is 7. The zero-order valence-electron chi connectivity index (χ0n) is 37.7. The van der Waals surface area contributed by atoms with Crippen LogP contribution in [0.25, 0.3) is 66.5 Å². The maximum absolute atomic E-state index is 6.86. The van der Waals surface area contributed by atoms with Crippen LogP contribution in [0.3, 0.4) is 0 Å². The molecule has 8 heteroatoms. The number of hydrogen-bond donors (Lipinski definition) is 0. The molecule has 0 radical (unpaired) electrons. The van der Waals surface area contributed by atoms with Gasteiger partial charge in [-0.15, -0.1) is 12.8 Å². The van der Waals surface area contributed by atoms with Crippen LogP contribution in [0, 0.1) is 24.7 Å². The lowest BCUT2D eigenvalue weighted by Gasteiger charge is -2.32. The van der Waals surface area contributed by atoms with Crippen LogP contribution in [-0.2, 0) is 0 Å². The predicted octanol–water partition coefficient (Wildman–Crippen LogP) is 8.12. The molecular weight excluding hydrogens is 767 g/mol. The molecule has 2 nitrogen and oxygen atoms in total. The van der Waals surface area contributed by atoms with E-state index < -0.39 is 0 Å². The van der Waals surface area contributed by atoms with E-state index >= 15 is 0 Å². The molecule has 0 aliphatic heterocycles. The van der Waals surface area contributed by atoms with Crippen LogP contribution in [0.5, 0.6) is 0 Å². The Morgan fingerprint density at radius 1 is 0.531 bits per heavy atom. The largest absolute Gasteiger partial charge is 0.455 e. The molecule has 8 aromatic rings. The summed E-state index contributed by atoms with van der Waals surface area (Å²) in [6.45, 7) is 0.504. The Hall–Kier alpha value is -7.39. The number of furan rings is 1. The van der Waals surface area contributed by atoms with Crippen molar-refractivity contribution in [3.63, 3.8) is 0 Å². The van der Waals surface area contributed by atoms with Crippen LogP contribution in [0.4, 0.5) is 5.69 Å². The summed E-state index contributed by atoms with van der Waals surface area (Å²) in [5.41, 5.74) is 20.0. The van der Waals surface area contributed by atoms with Crippen molar-refractivity contribution in [2.45, 2.75) is 6.32 Å². The van der Waals surface area contributed by atoms with Gasteiger partial charge in [-0.1, -0.05) is 209 Å². The number of rotatable bonds is 12. The molecule has 0 saturated heterocycles. The topological polar surface area (TPSA) is 16.4 Å². The average molecular weight is 815 g/mol. The van der Waals surface area contributed by atoms with Gasteiger partial charge in [0.2, 0.25) is 0 Å². The van der Waals surface area contributed by atoms with Gasteiger partial charge in [0, 0.05) is 28.4 Å². The van der Waals surface area contributed by atoms with Gasteiger partial charge in [0.1, 0.15) is 50.4 Å². The first-order valence-electron chi connectivity index (χ1n) is 22.0. The number of fused-ring (bicyclic) bond motifs is 3. The molecule has 7 aromatic carbocycles. The van der Waals surface area contributed by atoms with Crippen molar-refractivity contribution < 1.29 is 4.42 Å². The van der Waals surface area contributed by atoms with Gasteiger partial charge >= 0.3 is 0 Å². The minimum absolute atomic E-state index is 0.504. The first-order chi connectivity index (χ1) is 31.2. The predicted molar refractivity (Wildman–Crippen MR) is 292 cm³/mol. The first kappa shape index (κ1) is 43.3.